The summed E-state index contributed by atoms with van der Waals surface area (Å²) in [5.74, 6) is 0.707. The number of nitro groups is 1. The van der Waals surface area contributed by atoms with Gasteiger partial charge in [0.15, 0.2) is 0 Å². The average molecular weight is 418 g/mol. The van der Waals surface area contributed by atoms with E-state index >= 15 is 0 Å². The SMILES string of the molecule is CCN(CC)S(=O)(=O)c1cc([N+](=O)[O-])ccc1NN=C1CCOc2ccccc21. The van der Waals surface area contributed by atoms with Crippen LogP contribution in [0.4, 0.5) is 11.4 Å². The van der Waals surface area contributed by atoms with Crippen LogP contribution in [0.5, 0.6) is 5.75 Å². The lowest BCUT2D eigenvalue weighted by Crippen LogP contribution is -2.31. The molecule has 3 rings (SSSR count). The number of rotatable bonds is 7. The number of para-hydroxylation sites is 1. The summed E-state index contributed by atoms with van der Waals surface area (Å²) in [6.07, 6.45) is 0.551. The first kappa shape index (κ1) is 20.7. The van der Waals surface area contributed by atoms with Gasteiger partial charge < -0.3 is 4.74 Å². The van der Waals surface area contributed by atoms with Crippen molar-refractivity contribution < 1.29 is 18.1 Å². The highest BCUT2D eigenvalue weighted by Crippen LogP contribution is 2.30. The van der Waals surface area contributed by atoms with Crippen LogP contribution in [0.1, 0.15) is 25.8 Å². The van der Waals surface area contributed by atoms with Crippen molar-refractivity contribution in [3.8, 4) is 5.75 Å². The van der Waals surface area contributed by atoms with E-state index in [4.69, 9.17) is 4.74 Å². The molecule has 29 heavy (non-hydrogen) atoms. The monoisotopic (exact) mass is 418 g/mol. The first-order valence-corrected chi connectivity index (χ1v) is 10.7. The molecule has 0 radical (unpaired) electrons. The molecule has 0 aliphatic carbocycles. The molecule has 10 heteroatoms. The molecule has 0 aromatic heterocycles. The molecule has 2 aromatic carbocycles. The molecule has 154 valence electrons. The fourth-order valence-corrected chi connectivity index (χ4v) is 4.72. The normalized spacial score (nSPS) is 15.1. The Morgan fingerprint density at radius 2 is 1.93 bits per heavy atom. The van der Waals surface area contributed by atoms with Gasteiger partial charge >= 0.3 is 0 Å². The predicted octanol–water partition coefficient (Wildman–Crippen LogP) is 3.22. The number of hydrogen-bond donors (Lipinski definition) is 1. The Hall–Kier alpha value is -2.98. The summed E-state index contributed by atoms with van der Waals surface area (Å²) in [6.45, 7) is 4.39. The highest BCUT2D eigenvalue weighted by Gasteiger charge is 2.27. The molecule has 9 nitrogen and oxygen atoms in total. The van der Waals surface area contributed by atoms with Gasteiger partial charge in [0.25, 0.3) is 5.69 Å². The van der Waals surface area contributed by atoms with E-state index in [-0.39, 0.29) is 29.4 Å². The van der Waals surface area contributed by atoms with Gasteiger partial charge in [0, 0.05) is 37.2 Å². The number of nitrogens with one attached hydrogen (secondary N) is 1. The van der Waals surface area contributed by atoms with E-state index in [9.17, 15) is 18.5 Å². The van der Waals surface area contributed by atoms with Crippen molar-refractivity contribution >= 4 is 27.1 Å². The molecule has 0 atom stereocenters. The Bertz CT molecular complexity index is 1050. The van der Waals surface area contributed by atoms with E-state index in [1.807, 2.05) is 24.3 Å². The largest absolute Gasteiger partial charge is 0.492 e. The third-order valence-corrected chi connectivity index (χ3v) is 6.69. The van der Waals surface area contributed by atoms with E-state index in [1.165, 1.54) is 16.4 Å². The molecule has 0 fully saturated rings. The molecule has 0 spiro atoms. The third kappa shape index (κ3) is 4.22. The molecular formula is C19H22N4O5S. The Morgan fingerprint density at radius 1 is 1.21 bits per heavy atom. The van der Waals surface area contributed by atoms with E-state index in [0.717, 1.165) is 17.3 Å². The number of non-ortho nitro benzene ring substituents is 1. The maximum atomic E-state index is 13.0. The van der Waals surface area contributed by atoms with Crippen LogP contribution in [0.2, 0.25) is 0 Å². The Morgan fingerprint density at radius 3 is 2.62 bits per heavy atom. The van der Waals surface area contributed by atoms with Gasteiger partial charge in [-0.1, -0.05) is 26.0 Å². The molecule has 2 aromatic rings. The van der Waals surface area contributed by atoms with Crippen LogP contribution >= 0.6 is 0 Å². The maximum absolute atomic E-state index is 13.0. The summed E-state index contributed by atoms with van der Waals surface area (Å²) in [5.41, 5.74) is 4.22. The van der Waals surface area contributed by atoms with Crippen LogP contribution in [0.15, 0.2) is 52.5 Å². The fraction of sp³-hybridized carbons (Fsp3) is 0.316. The first-order chi connectivity index (χ1) is 13.9. The van der Waals surface area contributed by atoms with Gasteiger partial charge in [-0.3, -0.25) is 15.5 Å². The predicted molar refractivity (Wildman–Crippen MR) is 110 cm³/mol. The minimum atomic E-state index is -3.93. The smallest absolute Gasteiger partial charge is 0.270 e. The zero-order valence-electron chi connectivity index (χ0n) is 16.2. The van der Waals surface area contributed by atoms with Crippen molar-refractivity contribution in [1.29, 1.82) is 0 Å². The molecule has 0 unspecified atom stereocenters. The van der Waals surface area contributed by atoms with Crippen LogP contribution in [-0.2, 0) is 10.0 Å². The number of nitrogens with zero attached hydrogens (tertiary/aromatic N) is 3. The molecule has 0 amide bonds. The Kier molecular flexibility index (Phi) is 6.14. The van der Waals surface area contributed by atoms with E-state index in [0.29, 0.717) is 18.8 Å². The lowest BCUT2D eigenvalue weighted by Gasteiger charge is -2.21. The van der Waals surface area contributed by atoms with Crippen molar-refractivity contribution in [2.24, 2.45) is 5.10 Å². The summed E-state index contributed by atoms with van der Waals surface area (Å²) in [7, 11) is -3.93. The van der Waals surface area contributed by atoms with Crippen molar-refractivity contribution in [2.45, 2.75) is 25.2 Å². The fourth-order valence-electron chi connectivity index (χ4n) is 3.10. The van der Waals surface area contributed by atoms with Gasteiger partial charge in [-0.15, -0.1) is 0 Å². The summed E-state index contributed by atoms with van der Waals surface area (Å²) in [4.78, 5) is 10.4. The number of nitro benzene ring substituents is 1. The molecule has 1 heterocycles. The number of anilines is 1. The number of hydrazone groups is 1. The van der Waals surface area contributed by atoms with Crippen molar-refractivity contribution in [3.05, 3.63) is 58.1 Å². The number of ether oxygens (including phenoxy) is 1. The number of sulfonamides is 1. The molecule has 1 aliphatic heterocycles. The second-order valence-corrected chi connectivity index (χ2v) is 8.20. The van der Waals surface area contributed by atoms with Crippen LogP contribution < -0.4 is 10.2 Å². The van der Waals surface area contributed by atoms with Gasteiger partial charge in [-0.25, -0.2) is 8.42 Å². The van der Waals surface area contributed by atoms with Crippen molar-refractivity contribution in [1.82, 2.24) is 4.31 Å². The minimum Gasteiger partial charge on any atom is -0.492 e. The van der Waals surface area contributed by atoms with Gasteiger partial charge in [0.1, 0.15) is 10.6 Å². The standard InChI is InChI=1S/C19H22N4O5S/c1-3-22(4-2)29(26,27)19-13-14(23(24)25)9-10-17(19)21-20-16-11-12-28-18-8-6-5-7-15(16)18/h5-10,13,21H,3-4,11-12H2,1-2H3. The molecular weight excluding hydrogens is 396 g/mol. The highest BCUT2D eigenvalue weighted by atomic mass is 32.2. The topological polar surface area (TPSA) is 114 Å². The molecule has 0 saturated carbocycles. The van der Waals surface area contributed by atoms with Crippen LogP contribution in [0.25, 0.3) is 0 Å². The van der Waals surface area contributed by atoms with Gasteiger partial charge in [-0.2, -0.15) is 9.41 Å². The van der Waals surface area contributed by atoms with Crippen LogP contribution in [0.3, 0.4) is 0 Å². The minimum absolute atomic E-state index is 0.180. The lowest BCUT2D eigenvalue weighted by molar-refractivity contribution is -0.385. The second-order valence-electron chi connectivity index (χ2n) is 6.29. The lowest BCUT2D eigenvalue weighted by atomic mass is 10.0. The van der Waals surface area contributed by atoms with E-state index in [2.05, 4.69) is 10.5 Å². The van der Waals surface area contributed by atoms with Crippen molar-refractivity contribution in [2.75, 3.05) is 25.1 Å². The summed E-state index contributed by atoms with van der Waals surface area (Å²) >= 11 is 0. The molecule has 1 N–H and O–H groups in total. The van der Waals surface area contributed by atoms with Gasteiger partial charge in [0.05, 0.1) is 22.9 Å². The van der Waals surface area contributed by atoms with Crippen LogP contribution in [0, 0.1) is 10.1 Å². The number of hydrogen-bond acceptors (Lipinski definition) is 7. The zero-order valence-corrected chi connectivity index (χ0v) is 17.0. The number of benzene rings is 2. The molecule has 0 bridgehead atoms. The quantitative estimate of drug-likeness (QED) is 0.545. The third-order valence-electron chi connectivity index (χ3n) is 4.60. The Balaban J connectivity index is 2.03. The van der Waals surface area contributed by atoms with E-state index in [1.54, 1.807) is 13.8 Å². The van der Waals surface area contributed by atoms with Crippen LogP contribution in [-0.4, -0.2) is 43.1 Å². The molecule has 1 aliphatic rings. The first-order valence-electron chi connectivity index (χ1n) is 9.21. The summed E-state index contributed by atoms with van der Waals surface area (Å²) < 4.78 is 32.9. The summed E-state index contributed by atoms with van der Waals surface area (Å²) in [6, 6.07) is 11.1. The average Bonchev–Trinajstić information content (AvgIpc) is 2.72. The number of fused-ring (bicyclic) bond motifs is 1. The van der Waals surface area contributed by atoms with Crippen molar-refractivity contribution in [3.63, 3.8) is 0 Å². The van der Waals surface area contributed by atoms with Gasteiger partial charge in [-0.05, 0) is 18.2 Å². The van der Waals surface area contributed by atoms with E-state index < -0.39 is 14.9 Å². The summed E-state index contributed by atoms with van der Waals surface area (Å²) in [5, 5.41) is 15.6. The van der Waals surface area contributed by atoms with Gasteiger partial charge in [0.2, 0.25) is 10.0 Å². The zero-order chi connectivity index (χ0) is 21.0. The molecule has 0 saturated heterocycles. The Labute approximate surface area is 169 Å². The highest BCUT2D eigenvalue weighted by molar-refractivity contribution is 7.89. The maximum Gasteiger partial charge on any atom is 0.270 e. The second kappa shape index (κ2) is 8.58.